The minimum atomic E-state index is -3.34. The molecular formula is C22H24N4O3S. The highest BCUT2D eigenvalue weighted by Gasteiger charge is 2.32. The van der Waals surface area contributed by atoms with Gasteiger partial charge in [-0.1, -0.05) is 24.3 Å². The maximum absolute atomic E-state index is 12.6. The summed E-state index contributed by atoms with van der Waals surface area (Å²) in [7, 11) is -3.34. The largest absolute Gasteiger partial charge is 0.348 e. The number of imidazole rings is 1. The van der Waals surface area contributed by atoms with Crippen LogP contribution in [-0.4, -0.2) is 36.2 Å². The van der Waals surface area contributed by atoms with Crippen LogP contribution in [0.5, 0.6) is 0 Å². The van der Waals surface area contributed by atoms with Gasteiger partial charge in [0.1, 0.15) is 0 Å². The van der Waals surface area contributed by atoms with Crippen LogP contribution in [0.15, 0.2) is 61.2 Å². The molecule has 0 radical (unpaired) electrons. The minimum absolute atomic E-state index is 0.144. The van der Waals surface area contributed by atoms with Gasteiger partial charge in [-0.05, 0) is 48.2 Å². The van der Waals surface area contributed by atoms with Crippen LogP contribution in [-0.2, 0) is 29.5 Å². The number of sulfonamides is 1. The zero-order chi connectivity index (χ0) is 21.3. The molecule has 3 aromatic rings. The number of carbonyl (C=O) groups excluding carboxylic acids is 1. The Morgan fingerprint density at radius 1 is 1.17 bits per heavy atom. The van der Waals surface area contributed by atoms with E-state index < -0.39 is 10.0 Å². The van der Waals surface area contributed by atoms with Crippen molar-refractivity contribution in [3.05, 3.63) is 83.4 Å². The average molecular weight is 425 g/mol. The molecule has 1 amide bonds. The number of fused-ring (bicyclic) bond motifs is 1. The van der Waals surface area contributed by atoms with Crippen LogP contribution < -0.4 is 9.62 Å². The molecule has 2 aromatic carbocycles. The van der Waals surface area contributed by atoms with Gasteiger partial charge in [0.2, 0.25) is 10.0 Å². The fraction of sp³-hybridized carbons (Fsp3) is 0.273. The number of nitrogens with zero attached hydrogens (tertiary/aromatic N) is 3. The van der Waals surface area contributed by atoms with Gasteiger partial charge in [-0.25, -0.2) is 13.4 Å². The van der Waals surface area contributed by atoms with Gasteiger partial charge in [0.25, 0.3) is 5.91 Å². The first-order valence-electron chi connectivity index (χ1n) is 9.75. The molecule has 1 aliphatic rings. The molecule has 0 spiro atoms. The van der Waals surface area contributed by atoms with Crippen molar-refractivity contribution >= 4 is 21.6 Å². The molecule has 0 bridgehead atoms. The zero-order valence-corrected chi connectivity index (χ0v) is 17.8. The van der Waals surface area contributed by atoms with Crippen molar-refractivity contribution in [1.82, 2.24) is 14.9 Å². The summed E-state index contributed by atoms with van der Waals surface area (Å²) >= 11 is 0. The van der Waals surface area contributed by atoms with E-state index in [9.17, 15) is 13.2 Å². The minimum Gasteiger partial charge on any atom is -0.348 e. The van der Waals surface area contributed by atoms with Crippen molar-refractivity contribution in [2.75, 3.05) is 10.6 Å². The van der Waals surface area contributed by atoms with Gasteiger partial charge in [0.05, 0.1) is 18.3 Å². The van der Waals surface area contributed by atoms with E-state index in [2.05, 4.69) is 10.3 Å². The summed E-state index contributed by atoms with van der Waals surface area (Å²) in [5, 5.41) is 2.94. The molecule has 1 aromatic heterocycles. The quantitative estimate of drug-likeness (QED) is 0.659. The number of benzene rings is 2. The highest BCUT2D eigenvalue weighted by atomic mass is 32.2. The van der Waals surface area contributed by atoms with E-state index >= 15 is 0 Å². The summed E-state index contributed by atoms with van der Waals surface area (Å²) in [4.78, 5) is 16.6. The van der Waals surface area contributed by atoms with E-state index in [0.29, 0.717) is 24.2 Å². The van der Waals surface area contributed by atoms with E-state index in [1.165, 1.54) is 10.6 Å². The monoisotopic (exact) mass is 424 g/mol. The summed E-state index contributed by atoms with van der Waals surface area (Å²) in [5.41, 5.74) is 4.24. The third-order valence-electron chi connectivity index (χ3n) is 5.25. The molecule has 1 atom stereocenters. The predicted molar refractivity (Wildman–Crippen MR) is 116 cm³/mol. The Balaban J connectivity index is 1.40. The first-order chi connectivity index (χ1) is 14.3. The highest BCUT2D eigenvalue weighted by molar-refractivity contribution is 7.92. The van der Waals surface area contributed by atoms with E-state index in [-0.39, 0.29) is 11.9 Å². The molecule has 30 heavy (non-hydrogen) atoms. The number of aromatic nitrogens is 2. The van der Waals surface area contributed by atoms with Crippen molar-refractivity contribution in [3.8, 4) is 0 Å². The van der Waals surface area contributed by atoms with Crippen LogP contribution in [0.3, 0.4) is 0 Å². The van der Waals surface area contributed by atoms with Gasteiger partial charge in [-0.2, -0.15) is 0 Å². The Hall–Kier alpha value is -3.13. The molecule has 0 aliphatic carbocycles. The Kier molecular flexibility index (Phi) is 5.34. The fourth-order valence-corrected chi connectivity index (χ4v) is 5.15. The maximum atomic E-state index is 12.6. The first-order valence-corrected chi connectivity index (χ1v) is 11.6. The summed E-state index contributed by atoms with van der Waals surface area (Å²) in [6.07, 6.45) is 7.26. The molecular weight excluding hydrogens is 400 g/mol. The molecule has 2 heterocycles. The second-order valence-electron chi connectivity index (χ2n) is 7.69. The lowest BCUT2D eigenvalue weighted by atomic mass is 10.1. The van der Waals surface area contributed by atoms with E-state index in [1.807, 2.05) is 42.0 Å². The van der Waals surface area contributed by atoms with E-state index in [1.54, 1.807) is 30.7 Å². The highest BCUT2D eigenvalue weighted by Crippen LogP contribution is 2.34. The zero-order valence-electron chi connectivity index (χ0n) is 16.9. The van der Waals surface area contributed by atoms with Crippen LogP contribution in [0.2, 0.25) is 0 Å². The fourth-order valence-electron chi connectivity index (χ4n) is 3.89. The summed E-state index contributed by atoms with van der Waals surface area (Å²) < 4.78 is 27.5. The van der Waals surface area contributed by atoms with Crippen molar-refractivity contribution < 1.29 is 13.2 Å². The van der Waals surface area contributed by atoms with E-state index in [4.69, 9.17) is 0 Å². The number of hydrogen-bond acceptors (Lipinski definition) is 4. The summed E-state index contributed by atoms with van der Waals surface area (Å²) in [6, 6.07) is 13.1. The number of nitrogens with one attached hydrogen (secondary N) is 1. The summed E-state index contributed by atoms with van der Waals surface area (Å²) in [6.45, 7) is 3.05. The third-order valence-corrected chi connectivity index (χ3v) is 6.52. The lowest BCUT2D eigenvalue weighted by Crippen LogP contribution is -2.34. The van der Waals surface area contributed by atoms with Crippen molar-refractivity contribution in [3.63, 3.8) is 0 Å². The molecule has 7 nitrogen and oxygen atoms in total. The normalized spacial score (nSPS) is 15.8. The van der Waals surface area contributed by atoms with E-state index in [0.717, 1.165) is 23.2 Å². The SMILES string of the molecule is CC1Cc2cc(C(=O)NCc3ccc(Cn4ccnc4)cc3)ccc2N1S(C)(=O)=O. The molecule has 1 N–H and O–H groups in total. The molecule has 4 rings (SSSR count). The topological polar surface area (TPSA) is 84.3 Å². The molecule has 0 saturated heterocycles. The van der Waals surface area contributed by atoms with Crippen LogP contribution >= 0.6 is 0 Å². The molecule has 0 fully saturated rings. The lowest BCUT2D eigenvalue weighted by Gasteiger charge is -2.21. The smallest absolute Gasteiger partial charge is 0.251 e. The Labute approximate surface area is 176 Å². The number of carbonyl (C=O) groups is 1. The van der Waals surface area contributed by atoms with Gasteiger partial charge in [-0.3, -0.25) is 9.10 Å². The van der Waals surface area contributed by atoms with Crippen LogP contribution in [0.25, 0.3) is 0 Å². The van der Waals surface area contributed by atoms with Gasteiger partial charge in [-0.15, -0.1) is 0 Å². The molecule has 8 heteroatoms. The van der Waals surface area contributed by atoms with Crippen molar-refractivity contribution in [1.29, 1.82) is 0 Å². The molecule has 156 valence electrons. The maximum Gasteiger partial charge on any atom is 0.251 e. The Morgan fingerprint density at radius 3 is 2.57 bits per heavy atom. The van der Waals surface area contributed by atoms with Gasteiger partial charge in [0.15, 0.2) is 0 Å². The summed E-state index contributed by atoms with van der Waals surface area (Å²) in [5.74, 6) is -0.175. The first kappa shape index (κ1) is 20.2. The lowest BCUT2D eigenvalue weighted by molar-refractivity contribution is 0.0951. The van der Waals surface area contributed by atoms with Crippen LogP contribution in [0.4, 0.5) is 5.69 Å². The van der Waals surface area contributed by atoms with Gasteiger partial charge >= 0.3 is 0 Å². The molecule has 1 aliphatic heterocycles. The number of anilines is 1. The van der Waals surface area contributed by atoms with Gasteiger partial charge < -0.3 is 9.88 Å². The second-order valence-corrected chi connectivity index (χ2v) is 9.55. The van der Waals surface area contributed by atoms with Crippen LogP contribution in [0, 0.1) is 0 Å². The number of hydrogen-bond donors (Lipinski definition) is 1. The predicted octanol–water partition coefficient (Wildman–Crippen LogP) is 2.57. The average Bonchev–Trinajstić information content (AvgIpc) is 3.32. The Morgan fingerprint density at radius 2 is 1.90 bits per heavy atom. The number of amides is 1. The standard InChI is InChI=1S/C22H24N4O3S/c1-16-11-20-12-19(7-8-21(20)26(16)30(2,28)29)22(27)24-13-17-3-5-18(6-4-17)14-25-10-9-23-15-25/h3-10,12,15-16H,11,13-14H2,1-2H3,(H,24,27). The van der Waals surface area contributed by atoms with Crippen LogP contribution in [0.1, 0.15) is 34.0 Å². The number of rotatable bonds is 6. The Bertz CT molecular complexity index is 1160. The van der Waals surface area contributed by atoms with Crippen molar-refractivity contribution in [2.45, 2.75) is 32.5 Å². The molecule has 1 unspecified atom stereocenters. The second kappa shape index (κ2) is 7.95. The van der Waals surface area contributed by atoms with Crippen molar-refractivity contribution in [2.24, 2.45) is 0 Å². The molecule has 0 saturated carbocycles. The third kappa shape index (κ3) is 4.23. The van der Waals surface area contributed by atoms with Gasteiger partial charge in [0, 0.05) is 37.1 Å².